The van der Waals surface area contributed by atoms with E-state index in [1.54, 1.807) is 17.4 Å². The van der Waals surface area contributed by atoms with Gasteiger partial charge in [-0.05, 0) is 42.8 Å². The molecule has 1 amide bonds. The largest absolute Gasteiger partial charge is 0.487 e. The molecule has 4 rings (SSSR count). The molecule has 0 unspecified atom stereocenters. The minimum absolute atomic E-state index is 0.176. The molecule has 0 aliphatic carbocycles. The van der Waals surface area contributed by atoms with Crippen LogP contribution in [0.4, 0.5) is 0 Å². The summed E-state index contributed by atoms with van der Waals surface area (Å²) in [5.41, 5.74) is 3.69. The molecule has 0 saturated carbocycles. The molecule has 0 aliphatic heterocycles. The third kappa shape index (κ3) is 5.08. The van der Waals surface area contributed by atoms with Crippen molar-refractivity contribution in [2.75, 3.05) is 0 Å². The zero-order valence-corrected chi connectivity index (χ0v) is 16.7. The standard InChI is InChI=1S/C22H20N4O2S/c1-15-24-17(14-29-15)13-28-18-9-6-16(7-10-18)8-11-22(27)23-12-21-25-19-4-2-3-5-20(19)26-21/h2-11,14H,12-13H2,1H3,(H,23,27)(H,25,26)/b11-8+. The zero-order chi connectivity index (χ0) is 20.1. The van der Waals surface area contributed by atoms with Gasteiger partial charge >= 0.3 is 0 Å². The third-order valence-electron chi connectivity index (χ3n) is 4.23. The van der Waals surface area contributed by atoms with Gasteiger partial charge in [0.1, 0.15) is 18.2 Å². The zero-order valence-electron chi connectivity index (χ0n) is 15.9. The minimum atomic E-state index is -0.176. The van der Waals surface area contributed by atoms with E-state index in [1.165, 1.54) is 6.08 Å². The molecule has 2 heterocycles. The van der Waals surface area contributed by atoms with Crippen molar-refractivity contribution in [3.05, 3.63) is 82.1 Å². The number of para-hydroxylation sites is 2. The van der Waals surface area contributed by atoms with Crippen LogP contribution < -0.4 is 10.1 Å². The first-order valence-electron chi connectivity index (χ1n) is 9.19. The SMILES string of the molecule is Cc1nc(COc2ccc(/C=C/C(=O)NCc3nc4ccccc4[nH]3)cc2)cs1. The molecule has 4 aromatic rings. The van der Waals surface area contributed by atoms with Crippen molar-refractivity contribution in [2.24, 2.45) is 0 Å². The number of fused-ring (bicyclic) bond motifs is 1. The van der Waals surface area contributed by atoms with Crippen LogP contribution in [0, 0.1) is 6.92 Å². The number of amides is 1. The van der Waals surface area contributed by atoms with Crippen molar-refractivity contribution in [1.29, 1.82) is 0 Å². The molecule has 0 spiro atoms. The van der Waals surface area contributed by atoms with Crippen molar-refractivity contribution in [3.8, 4) is 5.75 Å². The number of nitrogens with one attached hydrogen (secondary N) is 2. The minimum Gasteiger partial charge on any atom is -0.487 e. The number of nitrogens with zero attached hydrogens (tertiary/aromatic N) is 2. The molecule has 7 heteroatoms. The summed E-state index contributed by atoms with van der Waals surface area (Å²) in [5.74, 6) is 1.32. The first-order valence-corrected chi connectivity index (χ1v) is 10.1. The van der Waals surface area contributed by atoms with Crippen molar-refractivity contribution in [3.63, 3.8) is 0 Å². The third-order valence-corrected chi connectivity index (χ3v) is 5.05. The van der Waals surface area contributed by atoms with Crippen LogP contribution in [-0.2, 0) is 17.9 Å². The first kappa shape index (κ1) is 18.9. The average molecular weight is 404 g/mol. The second-order valence-corrected chi connectivity index (χ2v) is 7.53. The van der Waals surface area contributed by atoms with Crippen LogP contribution in [0.5, 0.6) is 5.75 Å². The van der Waals surface area contributed by atoms with E-state index in [1.807, 2.05) is 60.8 Å². The lowest BCUT2D eigenvalue weighted by Gasteiger charge is -2.04. The van der Waals surface area contributed by atoms with Crippen molar-refractivity contribution in [2.45, 2.75) is 20.1 Å². The number of carbonyl (C=O) groups is 1. The van der Waals surface area contributed by atoms with Gasteiger partial charge in [-0.2, -0.15) is 0 Å². The van der Waals surface area contributed by atoms with E-state index in [0.717, 1.165) is 38.9 Å². The lowest BCUT2D eigenvalue weighted by Crippen LogP contribution is -2.20. The van der Waals surface area contributed by atoms with Gasteiger partial charge in [-0.1, -0.05) is 24.3 Å². The topological polar surface area (TPSA) is 79.9 Å². The fourth-order valence-electron chi connectivity index (χ4n) is 2.80. The van der Waals surface area contributed by atoms with Gasteiger partial charge in [0.15, 0.2) is 0 Å². The highest BCUT2D eigenvalue weighted by molar-refractivity contribution is 7.09. The molecule has 2 aromatic heterocycles. The maximum absolute atomic E-state index is 12.1. The molecule has 29 heavy (non-hydrogen) atoms. The fourth-order valence-corrected chi connectivity index (χ4v) is 3.40. The number of benzene rings is 2. The molecule has 2 aromatic carbocycles. The summed E-state index contributed by atoms with van der Waals surface area (Å²) in [4.78, 5) is 24.1. The molecular formula is C22H20N4O2S. The molecule has 0 fully saturated rings. The van der Waals surface area contributed by atoms with E-state index in [9.17, 15) is 4.79 Å². The van der Waals surface area contributed by atoms with Crippen LogP contribution in [0.15, 0.2) is 60.0 Å². The van der Waals surface area contributed by atoms with Gasteiger partial charge in [0.05, 0.1) is 28.3 Å². The van der Waals surface area contributed by atoms with Crippen LogP contribution in [-0.4, -0.2) is 20.9 Å². The normalized spacial score (nSPS) is 11.2. The molecule has 0 radical (unpaired) electrons. The first-order chi connectivity index (χ1) is 14.2. The Bertz CT molecular complexity index is 1110. The number of H-pyrrole nitrogens is 1. The van der Waals surface area contributed by atoms with Crippen molar-refractivity contribution < 1.29 is 9.53 Å². The van der Waals surface area contributed by atoms with Gasteiger partial charge in [0, 0.05) is 11.5 Å². The maximum atomic E-state index is 12.1. The molecule has 0 aliphatic rings. The molecule has 2 N–H and O–H groups in total. The van der Waals surface area contributed by atoms with E-state index < -0.39 is 0 Å². The Kier molecular flexibility index (Phi) is 5.67. The van der Waals surface area contributed by atoms with Gasteiger partial charge in [0.2, 0.25) is 5.91 Å². The van der Waals surface area contributed by atoms with Crippen molar-refractivity contribution >= 4 is 34.4 Å². The Hall–Kier alpha value is -3.45. The number of aromatic amines is 1. The average Bonchev–Trinajstić information content (AvgIpc) is 3.35. The van der Waals surface area contributed by atoms with E-state index >= 15 is 0 Å². The molecule has 0 bridgehead atoms. The van der Waals surface area contributed by atoms with E-state index in [2.05, 4.69) is 20.3 Å². The Morgan fingerprint density at radius 3 is 2.76 bits per heavy atom. The number of hydrogen-bond acceptors (Lipinski definition) is 5. The number of aromatic nitrogens is 3. The number of imidazole rings is 1. The highest BCUT2D eigenvalue weighted by Crippen LogP contribution is 2.16. The van der Waals surface area contributed by atoms with Gasteiger partial charge in [0.25, 0.3) is 0 Å². The van der Waals surface area contributed by atoms with E-state index in [-0.39, 0.29) is 5.91 Å². The number of thiazole rings is 1. The van der Waals surface area contributed by atoms with Crippen LogP contribution in [0.3, 0.4) is 0 Å². The smallest absolute Gasteiger partial charge is 0.244 e. The molecule has 6 nitrogen and oxygen atoms in total. The fraction of sp³-hybridized carbons (Fsp3) is 0.136. The summed E-state index contributed by atoms with van der Waals surface area (Å²) in [6.45, 7) is 2.77. The number of ether oxygens (including phenoxy) is 1. The summed E-state index contributed by atoms with van der Waals surface area (Å²) in [7, 11) is 0. The van der Waals surface area contributed by atoms with E-state index in [4.69, 9.17) is 4.74 Å². The van der Waals surface area contributed by atoms with Crippen molar-refractivity contribution in [1.82, 2.24) is 20.3 Å². The lowest BCUT2D eigenvalue weighted by molar-refractivity contribution is -0.116. The number of rotatable bonds is 7. The molecular weight excluding hydrogens is 384 g/mol. The molecule has 0 saturated heterocycles. The highest BCUT2D eigenvalue weighted by atomic mass is 32.1. The summed E-state index contributed by atoms with van der Waals surface area (Å²) < 4.78 is 5.73. The number of hydrogen-bond donors (Lipinski definition) is 2. The van der Waals surface area contributed by atoms with Crippen LogP contribution in [0.1, 0.15) is 22.1 Å². The van der Waals surface area contributed by atoms with Crippen LogP contribution >= 0.6 is 11.3 Å². The van der Waals surface area contributed by atoms with Crippen LogP contribution in [0.2, 0.25) is 0 Å². The second-order valence-electron chi connectivity index (χ2n) is 6.47. The number of aryl methyl sites for hydroxylation is 1. The summed E-state index contributed by atoms with van der Waals surface area (Å²) >= 11 is 1.61. The van der Waals surface area contributed by atoms with Gasteiger partial charge in [-0.25, -0.2) is 9.97 Å². The van der Waals surface area contributed by atoms with E-state index in [0.29, 0.717) is 13.2 Å². The lowest BCUT2D eigenvalue weighted by atomic mass is 10.2. The molecule has 146 valence electrons. The van der Waals surface area contributed by atoms with Gasteiger partial charge in [-0.15, -0.1) is 11.3 Å². The number of carbonyl (C=O) groups excluding carboxylic acids is 1. The summed E-state index contributed by atoms with van der Waals surface area (Å²) in [6, 6.07) is 15.3. The second kappa shape index (κ2) is 8.70. The quantitative estimate of drug-likeness (QED) is 0.452. The maximum Gasteiger partial charge on any atom is 0.244 e. The highest BCUT2D eigenvalue weighted by Gasteiger charge is 2.03. The summed E-state index contributed by atoms with van der Waals surface area (Å²) in [6.07, 6.45) is 3.28. The Labute approximate surface area is 172 Å². The predicted molar refractivity (Wildman–Crippen MR) is 115 cm³/mol. The van der Waals surface area contributed by atoms with Gasteiger partial charge < -0.3 is 15.0 Å². The Morgan fingerprint density at radius 1 is 1.17 bits per heavy atom. The Morgan fingerprint density at radius 2 is 2.00 bits per heavy atom. The predicted octanol–water partition coefficient (Wildman–Crippen LogP) is 4.24. The van der Waals surface area contributed by atoms with Crippen LogP contribution in [0.25, 0.3) is 17.1 Å². The monoisotopic (exact) mass is 404 g/mol. The summed E-state index contributed by atoms with van der Waals surface area (Å²) in [5, 5.41) is 5.86. The van der Waals surface area contributed by atoms with Gasteiger partial charge in [-0.3, -0.25) is 4.79 Å². The Balaban J connectivity index is 1.27. The molecule has 0 atom stereocenters.